The number of ether oxygens (including phenoxy) is 2. The zero-order valence-corrected chi connectivity index (χ0v) is 16.6. The zero-order valence-electron chi connectivity index (χ0n) is 16.6. The maximum atomic E-state index is 12.5. The lowest BCUT2D eigenvalue weighted by atomic mass is 9.98. The van der Waals surface area contributed by atoms with Crippen LogP contribution in [0.1, 0.15) is 24.0 Å². The molecule has 0 bridgehead atoms. The van der Waals surface area contributed by atoms with Crippen molar-refractivity contribution in [3.8, 4) is 11.1 Å². The SMILES string of the molecule is C[C@@H](O)COC[C@@H](C(O)O)N(C)C(=O)OCC1c2ccccc2-c2ccccc21. The monoisotopic (exact) mass is 401 g/mol. The molecule has 2 atom stereocenters. The minimum absolute atomic E-state index is 0.0295. The predicted octanol–water partition coefficient (Wildman–Crippen LogP) is 1.94. The molecule has 1 aliphatic carbocycles. The van der Waals surface area contributed by atoms with Crippen LogP contribution in [0.2, 0.25) is 0 Å². The lowest BCUT2D eigenvalue weighted by molar-refractivity contribution is -0.115. The van der Waals surface area contributed by atoms with Gasteiger partial charge in [0.25, 0.3) is 0 Å². The molecule has 0 unspecified atom stereocenters. The molecule has 0 heterocycles. The summed E-state index contributed by atoms with van der Waals surface area (Å²) in [5, 5.41) is 28.5. The van der Waals surface area contributed by atoms with Crippen LogP contribution in [0.5, 0.6) is 0 Å². The van der Waals surface area contributed by atoms with E-state index in [-0.39, 0.29) is 25.7 Å². The highest BCUT2D eigenvalue weighted by Gasteiger charge is 2.31. The Balaban J connectivity index is 1.66. The summed E-state index contributed by atoms with van der Waals surface area (Å²) < 4.78 is 10.8. The topological polar surface area (TPSA) is 99.5 Å². The first-order chi connectivity index (χ1) is 13.9. The Morgan fingerprint density at radius 1 is 1.00 bits per heavy atom. The fourth-order valence-corrected chi connectivity index (χ4v) is 3.59. The van der Waals surface area contributed by atoms with Crippen LogP contribution in [0.4, 0.5) is 4.79 Å². The number of likely N-dealkylation sites (N-methyl/N-ethyl adjacent to an activating group) is 1. The summed E-state index contributed by atoms with van der Waals surface area (Å²) in [5.41, 5.74) is 4.46. The van der Waals surface area contributed by atoms with Gasteiger partial charge in [-0.1, -0.05) is 48.5 Å². The number of amides is 1. The second-order valence-corrected chi connectivity index (χ2v) is 7.28. The van der Waals surface area contributed by atoms with Crippen molar-refractivity contribution < 1.29 is 29.6 Å². The molecule has 0 spiro atoms. The van der Waals surface area contributed by atoms with Gasteiger partial charge in [0.05, 0.1) is 19.3 Å². The standard InChI is InChI=1S/C22H27NO6/c1-14(24)11-28-13-20(21(25)26)23(2)22(27)29-12-19-17-9-5-3-7-15(17)16-8-4-6-10-18(16)19/h3-10,14,19-21,24-26H,11-13H2,1-2H3/t14-,20+/m1/s1. The van der Waals surface area contributed by atoms with E-state index < -0.39 is 24.5 Å². The molecule has 2 aromatic rings. The van der Waals surface area contributed by atoms with Crippen LogP contribution < -0.4 is 0 Å². The summed E-state index contributed by atoms with van der Waals surface area (Å²) in [7, 11) is 1.43. The van der Waals surface area contributed by atoms with E-state index >= 15 is 0 Å². The van der Waals surface area contributed by atoms with Crippen LogP contribution in [0.25, 0.3) is 11.1 Å². The third kappa shape index (κ3) is 4.76. The molecule has 3 N–H and O–H groups in total. The maximum Gasteiger partial charge on any atom is 0.410 e. The molecule has 7 heteroatoms. The molecule has 3 rings (SSSR count). The van der Waals surface area contributed by atoms with Crippen molar-refractivity contribution in [1.82, 2.24) is 4.90 Å². The largest absolute Gasteiger partial charge is 0.448 e. The van der Waals surface area contributed by atoms with E-state index in [2.05, 4.69) is 12.1 Å². The van der Waals surface area contributed by atoms with Crippen molar-refractivity contribution in [2.24, 2.45) is 0 Å². The normalized spacial score (nSPS) is 15.0. The highest BCUT2D eigenvalue weighted by Crippen LogP contribution is 2.44. The number of rotatable bonds is 8. The van der Waals surface area contributed by atoms with Crippen LogP contribution >= 0.6 is 0 Å². The number of carbonyl (C=O) groups is 1. The first-order valence-corrected chi connectivity index (χ1v) is 9.60. The molecule has 0 aromatic heterocycles. The van der Waals surface area contributed by atoms with Gasteiger partial charge in [-0.15, -0.1) is 0 Å². The average molecular weight is 401 g/mol. The van der Waals surface area contributed by atoms with E-state index in [0.29, 0.717) is 0 Å². The third-order valence-electron chi connectivity index (χ3n) is 5.11. The fourth-order valence-electron chi connectivity index (χ4n) is 3.59. The first kappa shape index (κ1) is 21.3. The Labute approximate surface area is 170 Å². The van der Waals surface area contributed by atoms with Gasteiger partial charge >= 0.3 is 6.09 Å². The lowest BCUT2D eigenvalue weighted by Gasteiger charge is -2.29. The molecule has 0 fully saturated rings. The number of aliphatic hydroxyl groups is 3. The second kappa shape index (κ2) is 9.37. The van der Waals surface area contributed by atoms with Gasteiger partial charge in [0.15, 0.2) is 6.29 Å². The summed E-state index contributed by atoms with van der Waals surface area (Å²) in [5.74, 6) is -0.0799. The minimum Gasteiger partial charge on any atom is -0.448 e. The van der Waals surface area contributed by atoms with Crippen molar-refractivity contribution in [2.45, 2.75) is 31.3 Å². The lowest BCUT2D eigenvalue weighted by Crippen LogP contribution is -2.48. The summed E-state index contributed by atoms with van der Waals surface area (Å²) in [6.07, 6.45) is -3.16. The van der Waals surface area contributed by atoms with E-state index in [1.165, 1.54) is 7.05 Å². The predicted molar refractivity (Wildman–Crippen MR) is 107 cm³/mol. The Kier molecular flexibility index (Phi) is 6.87. The molecular weight excluding hydrogens is 374 g/mol. The van der Waals surface area contributed by atoms with Gasteiger partial charge < -0.3 is 29.7 Å². The smallest absolute Gasteiger partial charge is 0.410 e. The van der Waals surface area contributed by atoms with Crippen LogP contribution in [0, 0.1) is 0 Å². The summed E-state index contributed by atoms with van der Waals surface area (Å²) in [6.45, 7) is 1.59. The molecule has 0 saturated heterocycles. The fraction of sp³-hybridized carbons (Fsp3) is 0.409. The van der Waals surface area contributed by atoms with Crippen molar-refractivity contribution in [3.63, 3.8) is 0 Å². The van der Waals surface area contributed by atoms with Crippen LogP contribution in [-0.4, -0.2) is 71.6 Å². The second-order valence-electron chi connectivity index (χ2n) is 7.28. The number of hydrogen-bond acceptors (Lipinski definition) is 6. The maximum absolute atomic E-state index is 12.5. The molecule has 29 heavy (non-hydrogen) atoms. The molecule has 7 nitrogen and oxygen atoms in total. The van der Waals surface area contributed by atoms with Crippen LogP contribution in [-0.2, 0) is 9.47 Å². The van der Waals surface area contributed by atoms with Gasteiger partial charge in [0, 0.05) is 13.0 Å². The van der Waals surface area contributed by atoms with E-state index in [1.54, 1.807) is 6.92 Å². The summed E-state index contributed by atoms with van der Waals surface area (Å²) in [6, 6.07) is 15.1. The highest BCUT2D eigenvalue weighted by molar-refractivity contribution is 5.79. The highest BCUT2D eigenvalue weighted by atomic mass is 16.6. The molecule has 0 saturated carbocycles. The molecule has 1 aliphatic rings. The number of hydrogen-bond donors (Lipinski definition) is 3. The summed E-state index contributed by atoms with van der Waals surface area (Å²) in [4.78, 5) is 13.7. The number of carbonyl (C=O) groups excluding carboxylic acids is 1. The average Bonchev–Trinajstić information content (AvgIpc) is 3.02. The van der Waals surface area contributed by atoms with E-state index in [0.717, 1.165) is 27.2 Å². The number of benzene rings is 2. The third-order valence-corrected chi connectivity index (χ3v) is 5.11. The van der Waals surface area contributed by atoms with E-state index in [9.17, 15) is 20.1 Å². The van der Waals surface area contributed by atoms with E-state index in [1.807, 2.05) is 36.4 Å². The van der Waals surface area contributed by atoms with E-state index in [4.69, 9.17) is 9.47 Å². The van der Waals surface area contributed by atoms with Crippen molar-refractivity contribution in [1.29, 1.82) is 0 Å². The van der Waals surface area contributed by atoms with Crippen molar-refractivity contribution >= 4 is 6.09 Å². The van der Waals surface area contributed by atoms with Crippen molar-refractivity contribution in [3.05, 3.63) is 59.7 Å². The van der Waals surface area contributed by atoms with Gasteiger partial charge in [-0.3, -0.25) is 0 Å². The molecule has 2 aromatic carbocycles. The Bertz CT molecular complexity index is 792. The molecule has 0 aliphatic heterocycles. The van der Waals surface area contributed by atoms with Gasteiger partial charge in [-0.2, -0.15) is 0 Å². The molecular formula is C22H27NO6. The summed E-state index contributed by atoms with van der Waals surface area (Å²) >= 11 is 0. The molecule has 156 valence electrons. The zero-order chi connectivity index (χ0) is 21.0. The van der Waals surface area contributed by atoms with Gasteiger partial charge in [0.2, 0.25) is 0 Å². The van der Waals surface area contributed by atoms with Crippen LogP contribution in [0.15, 0.2) is 48.5 Å². The first-order valence-electron chi connectivity index (χ1n) is 9.60. The Morgan fingerprint density at radius 2 is 1.55 bits per heavy atom. The van der Waals surface area contributed by atoms with Gasteiger partial charge in [-0.05, 0) is 29.2 Å². The number of nitrogens with zero attached hydrogens (tertiary/aromatic N) is 1. The Hall–Kier alpha value is -2.45. The number of aliphatic hydroxyl groups excluding tert-OH is 2. The Morgan fingerprint density at radius 3 is 2.07 bits per heavy atom. The molecule has 0 radical (unpaired) electrons. The van der Waals surface area contributed by atoms with Gasteiger partial charge in [-0.25, -0.2) is 4.79 Å². The van der Waals surface area contributed by atoms with Gasteiger partial charge in [0.1, 0.15) is 12.6 Å². The number of fused-ring (bicyclic) bond motifs is 3. The minimum atomic E-state index is -1.80. The molecule has 1 amide bonds. The van der Waals surface area contributed by atoms with Crippen molar-refractivity contribution in [2.75, 3.05) is 26.9 Å². The van der Waals surface area contributed by atoms with Crippen LogP contribution in [0.3, 0.4) is 0 Å². The quantitative estimate of drug-likeness (QED) is 0.585.